The van der Waals surface area contributed by atoms with Gasteiger partial charge in [0, 0.05) is 19.1 Å². The topological polar surface area (TPSA) is 98.8 Å². The summed E-state index contributed by atoms with van der Waals surface area (Å²) in [5.41, 5.74) is 0.204. The standard InChI is InChI=1S/C12H19NO6S2/c1-18-6-7-19-8-9-21(16,17)13-11-4-3-5-12(10-11)20(2,14)15/h3-5,10,13H,6-9H2,1-2H3. The second kappa shape index (κ2) is 7.74. The van der Waals surface area contributed by atoms with Crippen molar-refractivity contribution in [1.82, 2.24) is 0 Å². The predicted octanol–water partition coefficient (Wildman–Crippen LogP) is 0.495. The lowest BCUT2D eigenvalue weighted by Gasteiger charge is -2.09. The van der Waals surface area contributed by atoms with Crippen molar-refractivity contribution in [3.63, 3.8) is 0 Å². The Morgan fingerprint density at radius 3 is 2.43 bits per heavy atom. The number of hydrogen-bond acceptors (Lipinski definition) is 6. The summed E-state index contributed by atoms with van der Waals surface area (Å²) in [6.45, 7) is 0.740. The Hall–Kier alpha value is -1.16. The van der Waals surface area contributed by atoms with Crippen LogP contribution in [0.5, 0.6) is 0 Å². The zero-order chi connectivity index (χ0) is 15.9. The molecule has 1 rings (SSSR count). The van der Waals surface area contributed by atoms with Gasteiger partial charge in [0.2, 0.25) is 10.0 Å². The molecular formula is C12H19NO6S2. The summed E-state index contributed by atoms with van der Waals surface area (Å²) in [5.74, 6) is -0.222. The van der Waals surface area contributed by atoms with Crippen molar-refractivity contribution < 1.29 is 26.3 Å². The highest BCUT2D eigenvalue weighted by Gasteiger charge is 2.13. The molecule has 1 aromatic rings. The molecule has 0 radical (unpaired) electrons. The van der Waals surface area contributed by atoms with E-state index in [4.69, 9.17) is 9.47 Å². The third kappa shape index (κ3) is 6.89. The zero-order valence-electron chi connectivity index (χ0n) is 11.9. The molecule has 0 bridgehead atoms. The largest absolute Gasteiger partial charge is 0.382 e. The third-order valence-electron chi connectivity index (χ3n) is 2.46. The lowest BCUT2D eigenvalue weighted by molar-refractivity contribution is 0.0785. The van der Waals surface area contributed by atoms with Crippen LogP contribution in [0.1, 0.15) is 0 Å². The highest BCUT2D eigenvalue weighted by atomic mass is 32.2. The van der Waals surface area contributed by atoms with Crippen molar-refractivity contribution in [3.05, 3.63) is 24.3 Å². The monoisotopic (exact) mass is 337 g/mol. The van der Waals surface area contributed by atoms with Gasteiger partial charge in [0.05, 0.1) is 30.5 Å². The Morgan fingerprint density at radius 1 is 1.10 bits per heavy atom. The summed E-state index contributed by atoms with van der Waals surface area (Å²) in [5, 5.41) is 0. The Balaban J connectivity index is 2.63. The molecule has 0 fully saturated rings. The van der Waals surface area contributed by atoms with E-state index in [0.717, 1.165) is 6.26 Å². The van der Waals surface area contributed by atoms with Gasteiger partial charge in [-0.2, -0.15) is 0 Å². The van der Waals surface area contributed by atoms with Gasteiger partial charge in [-0.05, 0) is 18.2 Å². The van der Waals surface area contributed by atoms with E-state index in [0.29, 0.717) is 13.2 Å². The van der Waals surface area contributed by atoms with Gasteiger partial charge in [0.25, 0.3) is 0 Å². The second-order valence-corrected chi connectivity index (χ2v) is 8.18. The van der Waals surface area contributed by atoms with Gasteiger partial charge >= 0.3 is 0 Å². The van der Waals surface area contributed by atoms with Crippen molar-refractivity contribution in [2.24, 2.45) is 0 Å². The van der Waals surface area contributed by atoms with Crippen LogP contribution in [-0.2, 0) is 29.3 Å². The van der Waals surface area contributed by atoms with E-state index >= 15 is 0 Å². The van der Waals surface area contributed by atoms with E-state index < -0.39 is 19.9 Å². The van der Waals surface area contributed by atoms with Crippen molar-refractivity contribution in [2.45, 2.75) is 4.90 Å². The van der Waals surface area contributed by atoms with E-state index in [1.807, 2.05) is 0 Å². The number of sulfonamides is 1. The molecule has 0 spiro atoms. The SMILES string of the molecule is COCCOCCS(=O)(=O)Nc1cccc(S(C)(=O)=O)c1. The fourth-order valence-corrected chi connectivity index (χ4v) is 3.03. The first-order valence-electron chi connectivity index (χ1n) is 6.12. The quantitative estimate of drug-likeness (QED) is 0.659. The summed E-state index contributed by atoms with van der Waals surface area (Å²) in [6.07, 6.45) is 1.06. The first-order valence-corrected chi connectivity index (χ1v) is 9.66. The van der Waals surface area contributed by atoms with Gasteiger partial charge in [-0.15, -0.1) is 0 Å². The molecule has 1 aromatic carbocycles. The van der Waals surface area contributed by atoms with E-state index in [1.165, 1.54) is 31.4 Å². The number of hydrogen-bond donors (Lipinski definition) is 1. The van der Waals surface area contributed by atoms with Crippen molar-refractivity contribution in [3.8, 4) is 0 Å². The number of sulfone groups is 1. The molecule has 0 atom stereocenters. The Morgan fingerprint density at radius 2 is 1.81 bits per heavy atom. The fraction of sp³-hybridized carbons (Fsp3) is 0.500. The smallest absolute Gasteiger partial charge is 0.235 e. The summed E-state index contributed by atoms with van der Waals surface area (Å²) in [7, 11) is -5.45. The van der Waals surface area contributed by atoms with Crippen LogP contribution in [0.25, 0.3) is 0 Å². The van der Waals surface area contributed by atoms with E-state index in [-0.39, 0.29) is 22.9 Å². The highest BCUT2D eigenvalue weighted by molar-refractivity contribution is 7.92. The van der Waals surface area contributed by atoms with Crippen molar-refractivity contribution in [1.29, 1.82) is 0 Å². The number of ether oxygens (including phenoxy) is 2. The van der Waals surface area contributed by atoms with Crippen LogP contribution >= 0.6 is 0 Å². The van der Waals surface area contributed by atoms with Gasteiger partial charge in [0.1, 0.15) is 0 Å². The van der Waals surface area contributed by atoms with E-state index in [9.17, 15) is 16.8 Å². The van der Waals surface area contributed by atoms with Gasteiger partial charge in [-0.25, -0.2) is 16.8 Å². The maximum absolute atomic E-state index is 11.8. The minimum absolute atomic E-state index is 0.0322. The van der Waals surface area contributed by atoms with Crippen LogP contribution in [0.2, 0.25) is 0 Å². The number of nitrogens with one attached hydrogen (secondary N) is 1. The minimum atomic E-state index is -3.59. The van der Waals surface area contributed by atoms with Crippen molar-refractivity contribution >= 4 is 25.5 Å². The molecule has 0 aliphatic heterocycles. The van der Waals surface area contributed by atoms with Crippen LogP contribution in [0.4, 0.5) is 5.69 Å². The molecule has 1 N–H and O–H groups in total. The molecule has 0 saturated carbocycles. The molecule has 0 saturated heterocycles. The van der Waals surface area contributed by atoms with Gasteiger partial charge < -0.3 is 9.47 Å². The van der Waals surface area contributed by atoms with Crippen LogP contribution in [0.3, 0.4) is 0 Å². The van der Waals surface area contributed by atoms with Gasteiger partial charge in [0.15, 0.2) is 9.84 Å². The van der Waals surface area contributed by atoms with E-state index in [1.54, 1.807) is 0 Å². The minimum Gasteiger partial charge on any atom is -0.382 e. The number of rotatable bonds is 9. The van der Waals surface area contributed by atoms with Crippen molar-refractivity contribution in [2.75, 3.05) is 43.7 Å². The molecule has 0 amide bonds. The van der Waals surface area contributed by atoms with Crippen LogP contribution in [-0.4, -0.2) is 55.8 Å². The first kappa shape index (κ1) is 17.9. The normalized spacial score (nSPS) is 12.3. The summed E-state index contributed by atoms with van der Waals surface area (Å²) in [4.78, 5) is 0.0547. The third-order valence-corrected chi connectivity index (χ3v) is 4.82. The zero-order valence-corrected chi connectivity index (χ0v) is 13.5. The lowest BCUT2D eigenvalue weighted by Crippen LogP contribution is -2.21. The fourth-order valence-electron chi connectivity index (χ4n) is 1.43. The number of methoxy groups -OCH3 is 1. The predicted molar refractivity (Wildman–Crippen MR) is 79.7 cm³/mol. The lowest BCUT2D eigenvalue weighted by atomic mass is 10.3. The Kier molecular flexibility index (Phi) is 6.59. The molecule has 21 heavy (non-hydrogen) atoms. The van der Waals surface area contributed by atoms with E-state index in [2.05, 4.69) is 4.72 Å². The number of benzene rings is 1. The second-order valence-electron chi connectivity index (χ2n) is 4.33. The Bertz CT molecular complexity index is 654. The summed E-state index contributed by atoms with van der Waals surface area (Å²) >= 11 is 0. The first-order chi connectivity index (χ1) is 9.74. The molecule has 7 nitrogen and oxygen atoms in total. The maximum Gasteiger partial charge on any atom is 0.235 e. The molecule has 0 aromatic heterocycles. The molecule has 0 heterocycles. The molecule has 120 valence electrons. The summed E-state index contributed by atoms with van der Waals surface area (Å²) < 4.78 is 58.6. The maximum atomic E-state index is 11.8. The highest BCUT2D eigenvalue weighted by Crippen LogP contribution is 2.16. The molecule has 9 heteroatoms. The van der Waals surface area contributed by atoms with Crippen LogP contribution < -0.4 is 4.72 Å². The molecular weight excluding hydrogens is 318 g/mol. The van der Waals surface area contributed by atoms with Crippen LogP contribution in [0, 0.1) is 0 Å². The van der Waals surface area contributed by atoms with Crippen LogP contribution in [0.15, 0.2) is 29.2 Å². The number of anilines is 1. The Labute approximate surface area is 125 Å². The summed E-state index contributed by atoms with van der Waals surface area (Å²) in [6, 6.07) is 5.64. The average molecular weight is 337 g/mol. The van der Waals surface area contributed by atoms with Gasteiger partial charge in [-0.1, -0.05) is 6.07 Å². The average Bonchev–Trinajstić information content (AvgIpc) is 2.37. The molecule has 0 aliphatic rings. The van der Waals surface area contributed by atoms with Gasteiger partial charge in [-0.3, -0.25) is 4.72 Å². The molecule has 0 aliphatic carbocycles. The molecule has 0 unspecified atom stereocenters.